The Hall–Kier alpha value is -2.21. The van der Waals surface area contributed by atoms with E-state index in [9.17, 15) is 18.3 Å². The molecule has 0 spiro atoms. The highest BCUT2D eigenvalue weighted by molar-refractivity contribution is 5.56. The number of rotatable bonds is 6. The Bertz CT molecular complexity index is 575. The van der Waals surface area contributed by atoms with Crippen LogP contribution in [0.4, 0.5) is 18.9 Å². The standard InChI is InChI=1S/C15H14F3NO2/c16-11-7-5-10(6-8-11)13(20)9-19-12-3-1-2-4-14(12)21-15(17)18/h1-8,13,15,19-20H,9H2. The Balaban J connectivity index is 2.01. The van der Waals surface area contributed by atoms with Gasteiger partial charge in [0.2, 0.25) is 0 Å². The van der Waals surface area contributed by atoms with E-state index in [1.807, 2.05) is 0 Å². The van der Waals surface area contributed by atoms with Crippen LogP contribution >= 0.6 is 0 Å². The van der Waals surface area contributed by atoms with Crippen molar-refractivity contribution in [2.45, 2.75) is 12.7 Å². The minimum atomic E-state index is -2.92. The minimum absolute atomic E-state index is 0.00111. The lowest BCUT2D eigenvalue weighted by molar-refractivity contribution is -0.0493. The third kappa shape index (κ3) is 4.39. The molecule has 0 aromatic heterocycles. The van der Waals surface area contributed by atoms with Crippen LogP contribution in [0.2, 0.25) is 0 Å². The molecule has 2 aromatic rings. The Morgan fingerprint density at radius 2 is 1.71 bits per heavy atom. The number of hydrogen-bond donors (Lipinski definition) is 2. The second-order valence-electron chi connectivity index (χ2n) is 4.32. The van der Waals surface area contributed by atoms with Crippen molar-refractivity contribution in [1.29, 1.82) is 0 Å². The molecule has 2 rings (SSSR count). The molecule has 0 amide bonds. The topological polar surface area (TPSA) is 41.5 Å². The average molecular weight is 297 g/mol. The molecule has 112 valence electrons. The molecule has 0 saturated heterocycles. The van der Waals surface area contributed by atoms with Gasteiger partial charge in [0.05, 0.1) is 11.8 Å². The summed E-state index contributed by atoms with van der Waals surface area (Å²) in [6.45, 7) is -2.84. The van der Waals surface area contributed by atoms with Gasteiger partial charge in [0.15, 0.2) is 0 Å². The third-order valence-corrected chi connectivity index (χ3v) is 2.84. The first-order chi connectivity index (χ1) is 10.1. The first-order valence-electron chi connectivity index (χ1n) is 6.27. The molecule has 6 heteroatoms. The number of aliphatic hydroxyl groups excluding tert-OH is 1. The van der Waals surface area contributed by atoms with Gasteiger partial charge in [-0.25, -0.2) is 4.39 Å². The van der Waals surface area contributed by atoms with Gasteiger partial charge in [0.1, 0.15) is 11.6 Å². The van der Waals surface area contributed by atoms with Gasteiger partial charge >= 0.3 is 6.61 Å². The molecule has 0 heterocycles. The molecule has 1 unspecified atom stereocenters. The predicted octanol–water partition coefficient (Wildman–Crippen LogP) is 3.57. The van der Waals surface area contributed by atoms with Crippen molar-refractivity contribution in [3.05, 3.63) is 59.9 Å². The monoisotopic (exact) mass is 297 g/mol. The summed E-state index contributed by atoms with van der Waals surface area (Å²) in [7, 11) is 0. The molecule has 0 fully saturated rings. The van der Waals surface area contributed by atoms with E-state index in [1.54, 1.807) is 18.2 Å². The van der Waals surface area contributed by atoms with Crippen LogP contribution in [-0.4, -0.2) is 18.3 Å². The zero-order chi connectivity index (χ0) is 15.2. The zero-order valence-corrected chi connectivity index (χ0v) is 11.0. The van der Waals surface area contributed by atoms with Crippen molar-refractivity contribution in [3.63, 3.8) is 0 Å². The van der Waals surface area contributed by atoms with Gasteiger partial charge in [0, 0.05) is 6.54 Å². The van der Waals surface area contributed by atoms with Crippen molar-refractivity contribution >= 4 is 5.69 Å². The van der Waals surface area contributed by atoms with Gasteiger partial charge in [-0.15, -0.1) is 0 Å². The van der Waals surface area contributed by atoms with E-state index in [4.69, 9.17) is 0 Å². The maximum absolute atomic E-state index is 12.8. The molecule has 3 nitrogen and oxygen atoms in total. The lowest BCUT2D eigenvalue weighted by Crippen LogP contribution is -2.13. The van der Waals surface area contributed by atoms with Crippen LogP contribution in [0.3, 0.4) is 0 Å². The maximum atomic E-state index is 12.8. The molecule has 21 heavy (non-hydrogen) atoms. The molecular formula is C15H14F3NO2. The Morgan fingerprint density at radius 3 is 2.38 bits per heavy atom. The Labute approximate surface area is 120 Å². The van der Waals surface area contributed by atoms with Crippen LogP contribution in [0.25, 0.3) is 0 Å². The van der Waals surface area contributed by atoms with Crippen molar-refractivity contribution < 1.29 is 23.0 Å². The Morgan fingerprint density at radius 1 is 1.05 bits per heavy atom. The van der Waals surface area contributed by atoms with E-state index in [2.05, 4.69) is 10.1 Å². The molecule has 0 radical (unpaired) electrons. The fourth-order valence-electron chi connectivity index (χ4n) is 1.82. The summed E-state index contributed by atoms with van der Waals surface area (Å²) < 4.78 is 41.7. The van der Waals surface area contributed by atoms with E-state index >= 15 is 0 Å². The summed E-state index contributed by atoms with van der Waals surface area (Å²) in [4.78, 5) is 0. The first kappa shape index (κ1) is 15.2. The SMILES string of the molecule is OC(CNc1ccccc1OC(F)F)c1ccc(F)cc1. The van der Waals surface area contributed by atoms with E-state index < -0.39 is 18.5 Å². The summed E-state index contributed by atoms with van der Waals surface area (Å²) in [6, 6.07) is 11.6. The number of nitrogens with one attached hydrogen (secondary N) is 1. The van der Waals surface area contributed by atoms with Crippen LogP contribution in [0.5, 0.6) is 5.75 Å². The van der Waals surface area contributed by atoms with Crippen LogP contribution < -0.4 is 10.1 Å². The highest BCUT2D eigenvalue weighted by atomic mass is 19.3. The summed E-state index contributed by atoms with van der Waals surface area (Å²) in [5, 5.41) is 12.8. The quantitative estimate of drug-likeness (QED) is 0.856. The van der Waals surface area contributed by atoms with Crippen LogP contribution in [0.1, 0.15) is 11.7 Å². The zero-order valence-electron chi connectivity index (χ0n) is 11.0. The molecule has 0 aliphatic carbocycles. The maximum Gasteiger partial charge on any atom is 0.387 e. The number of ether oxygens (including phenoxy) is 1. The molecule has 0 bridgehead atoms. The van der Waals surface area contributed by atoms with Crippen LogP contribution in [0, 0.1) is 5.82 Å². The van der Waals surface area contributed by atoms with E-state index in [-0.39, 0.29) is 12.3 Å². The second-order valence-corrected chi connectivity index (χ2v) is 4.32. The average Bonchev–Trinajstić information content (AvgIpc) is 2.46. The number of anilines is 1. The second kappa shape index (κ2) is 6.99. The molecule has 0 saturated carbocycles. The molecular weight excluding hydrogens is 283 g/mol. The first-order valence-corrected chi connectivity index (χ1v) is 6.27. The summed E-state index contributed by atoms with van der Waals surface area (Å²) in [5.74, 6) is -0.395. The van der Waals surface area contributed by atoms with Gasteiger partial charge in [-0.3, -0.25) is 0 Å². The Kier molecular flexibility index (Phi) is 5.05. The minimum Gasteiger partial charge on any atom is -0.433 e. The highest BCUT2D eigenvalue weighted by Gasteiger charge is 2.11. The molecule has 1 atom stereocenters. The number of benzene rings is 2. The fourth-order valence-corrected chi connectivity index (χ4v) is 1.82. The lowest BCUT2D eigenvalue weighted by Gasteiger charge is -2.16. The van der Waals surface area contributed by atoms with E-state index in [1.165, 1.54) is 30.3 Å². The third-order valence-electron chi connectivity index (χ3n) is 2.84. The van der Waals surface area contributed by atoms with Crippen molar-refractivity contribution in [1.82, 2.24) is 0 Å². The van der Waals surface area contributed by atoms with Crippen molar-refractivity contribution in [3.8, 4) is 5.75 Å². The van der Waals surface area contributed by atoms with E-state index in [0.717, 1.165) is 0 Å². The highest BCUT2D eigenvalue weighted by Crippen LogP contribution is 2.26. The van der Waals surface area contributed by atoms with Gasteiger partial charge in [-0.2, -0.15) is 8.78 Å². The largest absolute Gasteiger partial charge is 0.433 e. The number of aliphatic hydroxyl groups is 1. The molecule has 2 N–H and O–H groups in total. The number of para-hydroxylation sites is 2. The molecule has 2 aromatic carbocycles. The van der Waals surface area contributed by atoms with Gasteiger partial charge in [0.25, 0.3) is 0 Å². The lowest BCUT2D eigenvalue weighted by atomic mass is 10.1. The van der Waals surface area contributed by atoms with Crippen LogP contribution in [0.15, 0.2) is 48.5 Å². The molecule has 0 aliphatic heterocycles. The smallest absolute Gasteiger partial charge is 0.387 e. The van der Waals surface area contributed by atoms with Gasteiger partial charge < -0.3 is 15.2 Å². The normalized spacial score (nSPS) is 12.2. The van der Waals surface area contributed by atoms with Gasteiger partial charge in [-0.05, 0) is 29.8 Å². The van der Waals surface area contributed by atoms with Crippen LogP contribution in [-0.2, 0) is 0 Å². The number of halogens is 3. The van der Waals surface area contributed by atoms with E-state index in [0.29, 0.717) is 11.3 Å². The fraction of sp³-hybridized carbons (Fsp3) is 0.200. The summed E-state index contributed by atoms with van der Waals surface area (Å²) in [5.41, 5.74) is 0.870. The van der Waals surface area contributed by atoms with Crippen molar-refractivity contribution in [2.75, 3.05) is 11.9 Å². The molecule has 0 aliphatic rings. The number of alkyl halides is 2. The summed E-state index contributed by atoms with van der Waals surface area (Å²) >= 11 is 0. The van der Waals surface area contributed by atoms with Gasteiger partial charge in [-0.1, -0.05) is 24.3 Å². The summed E-state index contributed by atoms with van der Waals surface area (Å²) in [6.07, 6.45) is -0.898. The predicted molar refractivity (Wildman–Crippen MR) is 72.9 cm³/mol. The number of hydrogen-bond acceptors (Lipinski definition) is 3. The van der Waals surface area contributed by atoms with Crippen molar-refractivity contribution in [2.24, 2.45) is 0 Å².